The van der Waals surface area contributed by atoms with Gasteiger partial charge >= 0.3 is 0 Å². The van der Waals surface area contributed by atoms with Crippen LogP contribution < -0.4 is 5.48 Å². The van der Waals surface area contributed by atoms with Gasteiger partial charge in [-0.3, -0.25) is 15.1 Å². The van der Waals surface area contributed by atoms with E-state index in [2.05, 4.69) is 10.3 Å². The van der Waals surface area contributed by atoms with Crippen LogP contribution in [-0.4, -0.2) is 18.5 Å². The summed E-state index contributed by atoms with van der Waals surface area (Å²) in [5, 5.41) is 9.10. The molecule has 0 aliphatic heterocycles. The van der Waals surface area contributed by atoms with Gasteiger partial charge in [0.1, 0.15) is 5.75 Å². The van der Waals surface area contributed by atoms with E-state index in [1.54, 1.807) is 6.07 Å². The molecule has 0 saturated heterocycles. The first-order valence-corrected chi connectivity index (χ1v) is 3.35. The normalized spacial score (nSPS) is 9.42. The van der Waals surface area contributed by atoms with Crippen molar-refractivity contribution in [2.75, 3.05) is 12.6 Å². The Morgan fingerprint density at radius 2 is 2.33 bits per heavy atom. The second-order valence-corrected chi connectivity index (χ2v) is 2.20. The summed E-state index contributed by atoms with van der Waals surface area (Å²) in [5.74, 6) is -0.0355. The highest BCUT2D eigenvalue weighted by Gasteiger charge is 2.00. The van der Waals surface area contributed by atoms with Gasteiger partial charge in [0.05, 0.1) is 18.4 Å². The van der Waals surface area contributed by atoms with Crippen molar-refractivity contribution in [2.24, 2.45) is 0 Å². The van der Waals surface area contributed by atoms with E-state index in [-0.39, 0.29) is 11.3 Å². The molecule has 0 aromatic heterocycles. The van der Waals surface area contributed by atoms with Crippen LogP contribution in [0.15, 0.2) is 18.2 Å². The van der Waals surface area contributed by atoms with E-state index in [1.807, 2.05) is 0 Å². The van der Waals surface area contributed by atoms with Crippen LogP contribution >= 0.6 is 0 Å². The number of anilines is 1. The van der Waals surface area contributed by atoms with Crippen LogP contribution in [0.2, 0.25) is 0 Å². The summed E-state index contributed by atoms with van der Waals surface area (Å²) in [6, 6.07) is 4.52. The largest absolute Gasteiger partial charge is 0.507 e. The Kier molecular flexibility index (Phi) is 2.66. The fourth-order valence-electron chi connectivity index (χ4n) is 0.830. The molecule has 64 valence electrons. The van der Waals surface area contributed by atoms with Crippen LogP contribution in [0.25, 0.3) is 0 Å². The lowest BCUT2D eigenvalue weighted by atomic mass is 10.2. The predicted molar refractivity (Wildman–Crippen MR) is 44.1 cm³/mol. The zero-order valence-corrected chi connectivity index (χ0v) is 6.57. The second kappa shape index (κ2) is 3.73. The van der Waals surface area contributed by atoms with Gasteiger partial charge in [0, 0.05) is 0 Å². The van der Waals surface area contributed by atoms with Gasteiger partial charge in [-0.2, -0.15) is 0 Å². The number of carbonyl (C=O) groups excluding carboxylic acids is 1. The molecule has 2 N–H and O–H groups in total. The highest BCUT2D eigenvalue weighted by atomic mass is 16.6. The molecule has 0 atom stereocenters. The summed E-state index contributed by atoms with van der Waals surface area (Å²) in [4.78, 5) is 15.0. The van der Waals surface area contributed by atoms with Gasteiger partial charge < -0.3 is 5.11 Å². The first-order chi connectivity index (χ1) is 5.77. The van der Waals surface area contributed by atoms with E-state index in [4.69, 9.17) is 5.11 Å². The van der Waals surface area contributed by atoms with Crippen LogP contribution in [0.3, 0.4) is 0 Å². The van der Waals surface area contributed by atoms with Crippen molar-refractivity contribution in [2.45, 2.75) is 0 Å². The lowest BCUT2D eigenvalue weighted by Gasteiger charge is -2.03. The Morgan fingerprint density at radius 3 is 2.92 bits per heavy atom. The molecule has 12 heavy (non-hydrogen) atoms. The van der Waals surface area contributed by atoms with Crippen molar-refractivity contribution in [1.82, 2.24) is 0 Å². The number of aldehydes is 1. The molecule has 0 fully saturated rings. The molecule has 0 heterocycles. The highest BCUT2D eigenvalue weighted by Crippen LogP contribution is 2.19. The lowest BCUT2D eigenvalue weighted by molar-refractivity contribution is 0.112. The maximum absolute atomic E-state index is 10.4. The number of benzene rings is 1. The number of rotatable bonds is 3. The Morgan fingerprint density at radius 1 is 1.58 bits per heavy atom. The minimum Gasteiger partial charge on any atom is -0.507 e. The zero-order chi connectivity index (χ0) is 8.97. The molecule has 0 radical (unpaired) electrons. The van der Waals surface area contributed by atoms with E-state index in [0.717, 1.165) is 0 Å². The van der Waals surface area contributed by atoms with Gasteiger partial charge in [-0.05, 0) is 18.2 Å². The molecular formula is C8H9NO3. The molecule has 1 rings (SSSR count). The maximum Gasteiger partial charge on any atom is 0.153 e. The van der Waals surface area contributed by atoms with Crippen molar-refractivity contribution in [1.29, 1.82) is 0 Å². The molecule has 0 spiro atoms. The average Bonchev–Trinajstić information content (AvgIpc) is 2.09. The lowest BCUT2D eigenvalue weighted by Crippen LogP contribution is -1.95. The van der Waals surface area contributed by atoms with E-state index in [9.17, 15) is 4.79 Å². The molecule has 0 bridgehead atoms. The van der Waals surface area contributed by atoms with Crippen molar-refractivity contribution in [3.8, 4) is 5.75 Å². The van der Waals surface area contributed by atoms with Gasteiger partial charge in [0.15, 0.2) is 6.29 Å². The Balaban J connectivity index is 2.96. The summed E-state index contributed by atoms with van der Waals surface area (Å²) in [6.07, 6.45) is 0.580. The van der Waals surface area contributed by atoms with Gasteiger partial charge in [-0.15, -0.1) is 0 Å². The first kappa shape index (κ1) is 8.55. The third-order valence-corrected chi connectivity index (χ3v) is 1.37. The smallest absolute Gasteiger partial charge is 0.153 e. The van der Waals surface area contributed by atoms with Crippen LogP contribution in [0.5, 0.6) is 5.75 Å². The number of phenols is 1. The van der Waals surface area contributed by atoms with E-state index in [1.165, 1.54) is 19.2 Å². The summed E-state index contributed by atoms with van der Waals surface area (Å²) >= 11 is 0. The third kappa shape index (κ3) is 1.73. The topological polar surface area (TPSA) is 58.6 Å². The predicted octanol–water partition coefficient (Wildman–Crippen LogP) is 1.18. The Hall–Kier alpha value is -1.55. The van der Waals surface area contributed by atoms with Crippen LogP contribution in [0, 0.1) is 0 Å². The highest BCUT2D eigenvalue weighted by molar-refractivity contribution is 5.81. The minimum absolute atomic E-state index is 0.0355. The summed E-state index contributed by atoms with van der Waals surface area (Å²) < 4.78 is 0. The first-order valence-electron chi connectivity index (χ1n) is 3.35. The summed E-state index contributed by atoms with van der Waals surface area (Å²) in [7, 11) is 1.47. The standard InChI is InChI=1S/C8H9NO3/c1-12-9-7-2-3-8(11)6(4-7)5-10/h2-5,9,11H,1H3. The van der Waals surface area contributed by atoms with Crippen molar-refractivity contribution < 1.29 is 14.7 Å². The fraction of sp³-hybridized carbons (Fsp3) is 0.125. The quantitative estimate of drug-likeness (QED) is 0.403. The van der Waals surface area contributed by atoms with E-state index >= 15 is 0 Å². The summed E-state index contributed by atoms with van der Waals surface area (Å²) in [5.41, 5.74) is 3.40. The second-order valence-electron chi connectivity index (χ2n) is 2.20. The monoisotopic (exact) mass is 167 g/mol. The van der Waals surface area contributed by atoms with E-state index in [0.29, 0.717) is 12.0 Å². The number of phenolic OH excluding ortho intramolecular Hbond substituents is 1. The van der Waals surface area contributed by atoms with Crippen molar-refractivity contribution in [3.05, 3.63) is 23.8 Å². The molecule has 0 saturated carbocycles. The number of hydrogen-bond acceptors (Lipinski definition) is 4. The molecule has 0 amide bonds. The molecular weight excluding hydrogens is 158 g/mol. The van der Waals surface area contributed by atoms with Crippen LogP contribution in [0.1, 0.15) is 10.4 Å². The van der Waals surface area contributed by atoms with Gasteiger partial charge in [-0.1, -0.05) is 0 Å². The molecule has 0 aliphatic carbocycles. The zero-order valence-electron chi connectivity index (χ0n) is 6.57. The van der Waals surface area contributed by atoms with Crippen molar-refractivity contribution >= 4 is 12.0 Å². The molecule has 4 heteroatoms. The molecule has 0 aliphatic rings. The number of hydrogen-bond donors (Lipinski definition) is 2. The minimum atomic E-state index is -0.0355. The van der Waals surface area contributed by atoms with Crippen LogP contribution in [0.4, 0.5) is 5.69 Å². The number of aromatic hydroxyl groups is 1. The molecule has 1 aromatic carbocycles. The van der Waals surface area contributed by atoms with Gasteiger partial charge in [-0.25, -0.2) is 0 Å². The van der Waals surface area contributed by atoms with Gasteiger partial charge in [0.25, 0.3) is 0 Å². The third-order valence-electron chi connectivity index (χ3n) is 1.37. The SMILES string of the molecule is CONc1ccc(O)c(C=O)c1. The Labute approximate surface area is 69.7 Å². The van der Waals surface area contributed by atoms with Crippen LogP contribution in [-0.2, 0) is 4.84 Å². The fourth-order valence-corrected chi connectivity index (χ4v) is 0.830. The van der Waals surface area contributed by atoms with Gasteiger partial charge in [0.2, 0.25) is 0 Å². The average molecular weight is 167 g/mol. The van der Waals surface area contributed by atoms with E-state index < -0.39 is 0 Å². The molecule has 0 unspecified atom stereocenters. The van der Waals surface area contributed by atoms with Crippen molar-refractivity contribution in [3.63, 3.8) is 0 Å². The Bertz CT molecular complexity index is 286. The number of carbonyl (C=O) groups is 1. The molecule has 1 aromatic rings. The maximum atomic E-state index is 10.4. The molecule has 4 nitrogen and oxygen atoms in total. The number of nitrogens with one attached hydrogen (secondary N) is 1. The summed E-state index contributed by atoms with van der Waals surface area (Å²) in [6.45, 7) is 0.